The summed E-state index contributed by atoms with van der Waals surface area (Å²) in [5, 5.41) is 10.5. The molecule has 0 fully saturated rings. The summed E-state index contributed by atoms with van der Waals surface area (Å²) in [6.07, 6.45) is 0.237. The van der Waals surface area contributed by atoms with E-state index in [0.717, 1.165) is 6.26 Å². The molecule has 16 heavy (non-hydrogen) atoms. The molecule has 1 unspecified atom stereocenters. The Balaban J connectivity index is 4.47. The molecule has 1 atom stereocenters. The van der Waals surface area contributed by atoms with E-state index in [1.54, 1.807) is 0 Å². The lowest BCUT2D eigenvalue weighted by atomic mass is 10.2. The van der Waals surface area contributed by atoms with Crippen LogP contribution in [0, 0.1) is 0 Å². The highest BCUT2D eigenvalue weighted by Gasteiger charge is 2.23. The Bertz CT molecular complexity index is 401. The molecule has 0 bridgehead atoms. The van der Waals surface area contributed by atoms with E-state index in [-0.39, 0.29) is 0 Å². The second-order valence-electron chi connectivity index (χ2n) is 3.20. The highest BCUT2D eigenvalue weighted by molar-refractivity contribution is 7.91. The number of carbonyl (C=O) groups is 3. The van der Waals surface area contributed by atoms with Crippen LogP contribution in [-0.2, 0) is 24.2 Å². The number of carboxylic acid groups (broad SMARTS) is 1. The molecule has 0 aliphatic heterocycles. The minimum absolute atomic E-state index is 0.592. The summed E-state index contributed by atoms with van der Waals surface area (Å²) in [6, 6.07) is -1.51. The molecule has 0 heterocycles. The summed E-state index contributed by atoms with van der Waals surface area (Å²) in [7, 11) is -3.54. The molecule has 0 aromatic heterocycles. The van der Waals surface area contributed by atoms with Crippen LogP contribution < -0.4 is 11.1 Å². The van der Waals surface area contributed by atoms with Gasteiger partial charge in [0.2, 0.25) is 11.8 Å². The number of hydrogen-bond donors (Lipinski definition) is 3. The quantitative estimate of drug-likeness (QED) is 0.475. The first-order valence-electron chi connectivity index (χ1n) is 4.10. The average molecular weight is 252 g/mol. The average Bonchev–Trinajstić information content (AvgIpc) is 1.97. The summed E-state index contributed by atoms with van der Waals surface area (Å²) >= 11 is 0. The number of hydrogen-bond acceptors (Lipinski definition) is 5. The first-order valence-corrected chi connectivity index (χ1v) is 6.16. The van der Waals surface area contributed by atoms with Crippen molar-refractivity contribution in [1.82, 2.24) is 5.32 Å². The second kappa shape index (κ2) is 5.45. The zero-order valence-corrected chi connectivity index (χ0v) is 9.28. The van der Waals surface area contributed by atoms with Crippen LogP contribution in [0.4, 0.5) is 0 Å². The van der Waals surface area contributed by atoms with Gasteiger partial charge in [0.1, 0.15) is 11.8 Å². The molecule has 2 amide bonds. The Hall–Kier alpha value is -1.64. The largest absolute Gasteiger partial charge is 0.480 e. The highest BCUT2D eigenvalue weighted by Crippen LogP contribution is 1.93. The van der Waals surface area contributed by atoms with Gasteiger partial charge in [-0.15, -0.1) is 0 Å². The van der Waals surface area contributed by atoms with Crippen LogP contribution in [0.3, 0.4) is 0 Å². The van der Waals surface area contributed by atoms with E-state index in [2.05, 4.69) is 0 Å². The number of aliphatic carboxylic acids is 1. The van der Waals surface area contributed by atoms with E-state index in [4.69, 9.17) is 10.8 Å². The van der Waals surface area contributed by atoms with Crippen molar-refractivity contribution in [3.05, 3.63) is 0 Å². The first-order chi connectivity index (χ1) is 7.11. The van der Waals surface area contributed by atoms with E-state index >= 15 is 0 Å². The number of primary amides is 1. The van der Waals surface area contributed by atoms with Gasteiger partial charge >= 0.3 is 5.97 Å². The van der Waals surface area contributed by atoms with Crippen molar-refractivity contribution in [2.75, 3.05) is 12.0 Å². The molecule has 4 N–H and O–H groups in total. The first kappa shape index (κ1) is 14.4. The number of nitrogens with two attached hydrogens (primary N) is 1. The zero-order valence-electron chi connectivity index (χ0n) is 8.47. The fraction of sp³-hybridized carbons (Fsp3) is 0.571. The van der Waals surface area contributed by atoms with Crippen molar-refractivity contribution < 1.29 is 27.9 Å². The fourth-order valence-electron chi connectivity index (χ4n) is 0.875. The van der Waals surface area contributed by atoms with Crippen LogP contribution in [0.1, 0.15) is 6.42 Å². The highest BCUT2D eigenvalue weighted by atomic mass is 32.2. The number of carboxylic acids is 1. The van der Waals surface area contributed by atoms with Gasteiger partial charge < -0.3 is 16.2 Å². The van der Waals surface area contributed by atoms with E-state index in [1.165, 1.54) is 0 Å². The van der Waals surface area contributed by atoms with E-state index < -0.39 is 45.8 Å². The summed E-state index contributed by atoms with van der Waals surface area (Å²) in [5.74, 6) is -4.20. The van der Waals surface area contributed by atoms with Crippen molar-refractivity contribution in [2.45, 2.75) is 12.5 Å². The molecule has 8 nitrogen and oxygen atoms in total. The van der Waals surface area contributed by atoms with Gasteiger partial charge in [-0.25, -0.2) is 13.2 Å². The molecular weight excluding hydrogens is 240 g/mol. The number of nitrogens with one attached hydrogen (secondary N) is 1. The number of sulfone groups is 1. The summed E-state index contributed by atoms with van der Waals surface area (Å²) < 4.78 is 21.4. The Morgan fingerprint density at radius 1 is 1.38 bits per heavy atom. The van der Waals surface area contributed by atoms with Crippen LogP contribution in [0.5, 0.6) is 0 Å². The van der Waals surface area contributed by atoms with Gasteiger partial charge in [0, 0.05) is 6.26 Å². The summed E-state index contributed by atoms with van der Waals surface area (Å²) in [5.41, 5.74) is 4.76. The molecule has 0 radical (unpaired) electrons. The van der Waals surface area contributed by atoms with Crippen LogP contribution in [0.2, 0.25) is 0 Å². The lowest BCUT2D eigenvalue weighted by Gasteiger charge is -2.11. The second-order valence-corrected chi connectivity index (χ2v) is 5.34. The maximum Gasteiger partial charge on any atom is 0.326 e. The predicted molar refractivity (Wildman–Crippen MR) is 53.1 cm³/mol. The van der Waals surface area contributed by atoms with Gasteiger partial charge in [0.15, 0.2) is 9.84 Å². The van der Waals surface area contributed by atoms with E-state index in [0.29, 0.717) is 0 Å². The molecule has 0 aromatic carbocycles. The standard InChI is InChI=1S/C7H12N2O6S/c1-16(14,15)3-6(11)9-4(7(12)13)2-5(8)10/h4H,2-3H2,1H3,(H2,8,10)(H,9,11)(H,12,13). The lowest BCUT2D eigenvalue weighted by Crippen LogP contribution is -2.45. The number of carbonyl (C=O) groups excluding carboxylic acids is 2. The molecule has 0 rings (SSSR count). The predicted octanol–water partition coefficient (Wildman–Crippen LogP) is -2.52. The smallest absolute Gasteiger partial charge is 0.326 e. The summed E-state index contributed by atoms with van der Waals surface area (Å²) in [6.45, 7) is 0. The maximum atomic E-state index is 11.0. The molecule has 0 aromatic rings. The number of rotatable bonds is 6. The van der Waals surface area contributed by atoms with Gasteiger partial charge in [0.25, 0.3) is 0 Å². The zero-order chi connectivity index (χ0) is 12.9. The Morgan fingerprint density at radius 2 is 1.88 bits per heavy atom. The molecule has 0 aliphatic carbocycles. The number of amides is 2. The molecular formula is C7H12N2O6S. The van der Waals surface area contributed by atoms with Gasteiger partial charge in [-0.2, -0.15) is 0 Å². The molecule has 0 saturated carbocycles. The van der Waals surface area contributed by atoms with Crippen LogP contribution in [-0.4, -0.2) is 49.4 Å². The molecule has 9 heteroatoms. The van der Waals surface area contributed by atoms with Crippen molar-refractivity contribution in [3.8, 4) is 0 Å². The topological polar surface area (TPSA) is 144 Å². The molecule has 0 saturated heterocycles. The van der Waals surface area contributed by atoms with Gasteiger partial charge in [-0.1, -0.05) is 0 Å². The van der Waals surface area contributed by atoms with Crippen LogP contribution >= 0.6 is 0 Å². The van der Waals surface area contributed by atoms with Gasteiger partial charge in [-0.3, -0.25) is 9.59 Å². The third-order valence-corrected chi connectivity index (χ3v) is 2.22. The normalized spacial score (nSPS) is 12.8. The van der Waals surface area contributed by atoms with Crippen molar-refractivity contribution in [3.63, 3.8) is 0 Å². The lowest BCUT2D eigenvalue weighted by molar-refractivity contribution is -0.143. The minimum Gasteiger partial charge on any atom is -0.480 e. The van der Waals surface area contributed by atoms with E-state index in [1.807, 2.05) is 5.32 Å². The monoisotopic (exact) mass is 252 g/mol. The molecule has 0 spiro atoms. The maximum absolute atomic E-state index is 11.0. The van der Waals surface area contributed by atoms with Gasteiger partial charge in [0.05, 0.1) is 6.42 Å². The van der Waals surface area contributed by atoms with Crippen molar-refractivity contribution >= 4 is 27.6 Å². The molecule has 0 aliphatic rings. The Morgan fingerprint density at radius 3 is 2.19 bits per heavy atom. The van der Waals surface area contributed by atoms with E-state index in [9.17, 15) is 22.8 Å². The third-order valence-electron chi connectivity index (χ3n) is 1.43. The van der Waals surface area contributed by atoms with Crippen LogP contribution in [0.25, 0.3) is 0 Å². The van der Waals surface area contributed by atoms with Crippen LogP contribution in [0.15, 0.2) is 0 Å². The Kier molecular flexibility index (Phi) is 4.89. The Labute approximate surface area is 91.7 Å². The minimum atomic E-state index is -3.54. The van der Waals surface area contributed by atoms with Crippen molar-refractivity contribution in [1.29, 1.82) is 0 Å². The van der Waals surface area contributed by atoms with Gasteiger partial charge in [-0.05, 0) is 0 Å². The summed E-state index contributed by atoms with van der Waals surface area (Å²) in [4.78, 5) is 32.1. The van der Waals surface area contributed by atoms with Crippen molar-refractivity contribution in [2.24, 2.45) is 5.73 Å². The fourth-order valence-corrected chi connectivity index (χ4v) is 1.43. The molecule has 92 valence electrons. The third kappa shape index (κ3) is 6.76. The SMILES string of the molecule is CS(=O)(=O)CC(=O)NC(CC(N)=O)C(=O)O.